The molecule has 0 heterocycles. The van der Waals surface area contributed by atoms with Gasteiger partial charge in [0, 0.05) is 11.5 Å². The Bertz CT molecular complexity index is 558. The minimum atomic E-state index is 0.204. The average molecular weight is 314 g/mol. The molecule has 1 aromatic carbocycles. The highest BCUT2D eigenvalue weighted by Crippen LogP contribution is 2.66. The summed E-state index contributed by atoms with van der Waals surface area (Å²) in [5.41, 5.74) is 7.09. The van der Waals surface area contributed by atoms with E-state index in [9.17, 15) is 0 Å². The highest BCUT2D eigenvalue weighted by molar-refractivity contribution is 6.42. The molecule has 0 amide bonds. The fourth-order valence-electron chi connectivity index (χ4n) is 4.11. The van der Waals surface area contributed by atoms with E-state index in [0.29, 0.717) is 26.9 Å². The number of ether oxygens (including phenoxy) is 1. The highest BCUT2D eigenvalue weighted by atomic mass is 35.5. The summed E-state index contributed by atoms with van der Waals surface area (Å²) < 4.78 is 6.25. The summed E-state index contributed by atoms with van der Waals surface area (Å²) in [6, 6.07) is 3.40. The van der Waals surface area contributed by atoms with Crippen LogP contribution in [-0.4, -0.2) is 6.10 Å². The molecule has 110 valence electrons. The summed E-state index contributed by atoms with van der Waals surface area (Å²) in [6.07, 6.45) is 3.83. The first-order chi connectivity index (χ1) is 9.25. The van der Waals surface area contributed by atoms with E-state index in [1.165, 1.54) is 12.8 Å². The van der Waals surface area contributed by atoms with Crippen molar-refractivity contribution in [2.75, 3.05) is 5.73 Å². The predicted molar refractivity (Wildman–Crippen MR) is 84.5 cm³/mol. The Kier molecular flexibility index (Phi) is 3.19. The number of hydrogen-bond acceptors (Lipinski definition) is 2. The number of benzene rings is 1. The molecule has 0 aliphatic heterocycles. The molecule has 2 fully saturated rings. The molecule has 2 bridgehead atoms. The van der Waals surface area contributed by atoms with Crippen molar-refractivity contribution < 1.29 is 4.74 Å². The second-order valence-electron chi connectivity index (χ2n) is 7.02. The van der Waals surface area contributed by atoms with E-state index in [2.05, 4.69) is 20.8 Å². The molecule has 3 unspecified atom stereocenters. The Balaban J connectivity index is 1.89. The third-order valence-electron chi connectivity index (χ3n) is 6.04. The van der Waals surface area contributed by atoms with E-state index < -0.39 is 0 Å². The number of nitrogens with two attached hydrogens (primary N) is 1. The molecule has 1 aromatic rings. The molecule has 0 spiro atoms. The summed E-state index contributed by atoms with van der Waals surface area (Å²) in [4.78, 5) is 0. The van der Waals surface area contributed by atoms with Crippen molar-refractivity contribution >= 4 is 28.9 Å². The lowest BCUT2D eigenvalue weighted by molar-refractivity contribution is 0.0306. The topological polar surface area (TPSA) is 35.2 Å². The van der Waals surface area contributed by atoms with E-state index in [1.54, 1.807) is 12.1 Å². The van der Waals surface area contributed by atoms with Gasteiger partial charge in [-0.25, -0.2) is 0 Å². The zero-order chi connectivity index (χ0) is 14.7. The van der Waals surface area contributed by atoms with Gasteiger partial charge in [0.1, 0.15) is 11.9 Å². The van der Waals surface area contributed by atoms with Gasteiger partial charge in [-0.15, -0.1) is 0 Å². The molecule has 4 heteroatoms. The summed E-state index contributed by atoms with van der Waals surface area (Å²) in [5.74, 6) is 1.40. The van der Waals surface area contributed by atoms with Crippen LogP contribution in [0.1, 0.15) is 40.0 Å². The Morgan fingerprint density at radius 1 is 1.20 bits per heavy atom. The second-order valence-corrected chi connectivity index (χ2v) is 7.84. The van der Waals surface area contributed by atoms with Gasteiger partial charge in [0.05, 0.1) is 15.7 Å². The van der Waals surface area contributed by atoms with Crippen molar-refractivity contribution in [3.63, 3.8) is 0 Å². The minimum Gasteiger partial charge on any atom is -0.488 e. The minimum absolute atomic E-state index is 0.204. The van der Waals surface area contributed by atoms with Crippen LogP contribution in [0.2, 0.25) is 10.0 Å². The molecule has 2 saturated carbocycles. The molecule has 20 heavy (non-hydrogen) atoms. The monoisotopic (exact) mass is 313 g/mol. The fourth-order valence-corrected chi connectivity index (χ4v) is 4.43. The third-order valence-corrected chi connectivity index (χ3v) is 6.76. The standard InChI is InChI=1S/C16H21Cl2NO/c1-15(2)9-4-5-16(15,3)14(6-9)20-13-8-11(18)10(17)7-12(13)19/h7-9,14H,4-6,19H2,1-3H3. The van der Waals surface area contributed by atoms with E-state index in [4.69, 9.17) is 33.7 Å². The molecular weight excluding hydrogens is 293 g/mol. The first-order valence-electron chi connectivity index (χ1n) is 7.17. The van der Waals surface area contributed by atoms with Gasteiger partial charge in [0.2, 0.25) is 0 Å². The smallest absolute Gasteiger partial charge is 0.144 e. The van der Waals surface area contributed by atoms with Crippen LogP contribution in [0.25, 0.3) is 0 Å². The maximum absolute atomic E-state index is 6.25. The molecule has 2 N–H and O–H groups in total. The Hall–Kier alpha value is -0.600. The number of anilines is 1. The summed E-state index contributed by atoms with van der Waals surface area (Å²) in [5, 5.41) is 0.958. The largest absolute Gasteiger partial charge is 0.488 e. The second kappa shape index (κ2) is 4.45. The summed E-state index contributed by atoms with van der Waals surface area (Å²) >= 11 is 12.0. The molecule has 2 nitrogen and oxygen atoms in total. The molecule has 0 aromatic heterocycles. The number of fused-ring (bicyclic) bond motifs is 2. The molecule has 3 atom stereocenters. The van der Waals surface area contributed by atoms with E-state index >= 15 is 0 Å². The van der Waals surface area contributed by atoms with Crippen molar-refractivity contribution in [1.29, 1.82) is 0 Å². The molecule has 0 radical (unpaired) electrons. The van der Waals surface area contributed by atoms with Crippen LogP contribution >= 0.6 is 23.2 Å². The lowest BCUT2D eigenvalue weighted by Crippen LogP contribution is -2.39. The zero-order valence-electron chi connectivity index (χ0n) is 12.2. The van der Waals surface area contributed by atoms with Crippen LogP contribution in [0.5, 0.6) is 5.75 Å². The average Bonchev–Trinajstić information content (AvgIpc) is 2.69. The normalized spacial score (nSPS) is 34.5. The highest BCUT2D eigenvalue weighted by Gasteiger charge is 2.62. The summed E-state index contributed by atoms with van der Waals surface area (Å²) in [6.45, 7) is 7.08. The van der Waals surface area contributed by atoms with Crippen molar-refractivity contribution in [3.05, 3.63) is 22.2 Å². The predicted octanol–water partition coefficient (Wildman–Crippen LogP) is 5.17. The van der Waals surface area contributed by atoms with Crippen molar-refractivity contribution in [2.24, 2.45) is 16.7 Å². The van der Waals surface area contributed by atoms with Crippen LogP contribution in [0, 0.1) is 16.7 Å². The molecule has 2 aliphatic carbocycles. The SMILES string of the molecule is CC1(C)C2CCC1(C)C(Oc1cc(Cl)c(Cl)cc1N)C2. The molecular formula is C16H21Cl2NO. The van der Waals surface area contributed by atoms with Gasteiger partial charge < -0.3 is 10.5 Å². The van der Waals surface area contributed by atoms with Crippen LogP contribution in [0.4, 0.5) is 5.69 Å². The number of rotatable bonds is 2. The van der Waals surface area contributed by atoms with Gasteiger partial charge in [-0.1, -0.05) is 44.0 Å². The Morgan fingerprint density at radius 2 is 1.85 bits per heavy atom. The molecule has 3 rings (SSSR count). The Morgan fingerprint density at radius 3 is 2.40 bits per heavy atom. The lowest BCUT2D eigenvalue weighted by Gasteiger charge is -2.39. The van der Waals surface area contributed by atoms with Gasteiger partial charge >= 0.3 is 0 Å². The lowest BCUT2D eigenvalue weighted by atomic mass is 9.70. The first-order valence-corrected chi connectivity index (χ1v) is 7.92. The zero-order valence-corrected chi connectivity index (χ0v) is 13.7. The van der Waals surface area contributed by atoms with Crippen molar-refractivity contribution in [2.45, 2.75) is 46.1 Å². The maximum atomic E-state index is 6.25. The van der Waals surface area contributed by atoms with Crippen LogP contribution in [0.15, 0.2) is 12.1 Å². The number of halogens is 2. The van der Waals surface area contributed by atoms with E-state index in [0.717, 1.165) is 12.3 Å². The van der Waals surface area contributed by atoms with Crippen LogP contribution < -0.4 is 10.5 Å². The third kappa shape index (κ3) is 1.84. The van der Waals surface area contributed by atoms with Crippen LogP contribution in [0.3, 0.4) is 0 Å². The maximum Gasteiger partial charge on any atom is 0.144 e. The summed E-state index contributed by atoms with van der Waals surface area (Å²) in [7, 11) is 0. The van der Waals surface area contributed by atoms with Crippen LogP contribution in [-0.2, 0) is 0 Å². The first kappa shape index (κ1) is 14.3. The van der Waals surface area contributed by atoms with Gasteiger partial charge in [0.25, 0.3) is 0 Å². The van der Waals surface area contributed by atoms with Gasteiger partial charge in [-0.3, -0.25) is 0 Å². The van der Waals surface area contributed by atoms with Gasteiger partial charge in [-0.2, -0.15) is 0 Å². The molecule has 2 aliphatic rings. The van der Waals surface area contributed by atoms with E-state index in [1.807, 2.05) is 0 Å². The molecule has 0 saturated heterocycles. The fraction of sp³-hybridized carbons (Fsp3) is 0.625. The van der Waals surface area contributed by atoms with E-state index in [-0.39, 0.29) is 11.5 Å². The Labute approximate surface area is 130 Å². The number of nitrogen functional groups attached to an aromatic ring is 1. The van der Waals surface area contributed by atoms with Gasteiger partial charge in [0.15, 0.2) is 0 Å². The number of hydrogen-bond donors (Lipinski definition) is 1. The van der Waals surface area contributed by atoms with Crippen molar-refractivity contribution in [1.82, 2.24) is 0 Å². The van der Waals surface area contributed by atoms with Gasteiger partial charge in [-0.05, 0) is 36.7 Å². The quantitative estimate of drug-likeness (QED) is 0.764. The van der Waals surface area contributed by atoms with Crippen molar-refractivity contribution in [3.8, 4) is 5.75 Å².